The number of nitrogens with zero attached hydrogens (tertiary/aromatic N) is 1. The van der Waals surface area contributed by atoms with Crippen LogP contribution in [0.5, 0.6) is 0 Å². The van der Waals surface area contributed by atoms with Crippen molar-refractivity contribution in [1.82, 2.24) is 4.90 Å². The van der Waals surface area contributed by atoms with Crippen LogP contribution in [0.15, 0.2) is 0 Å². The molecule has 3 aliphatic heterocycles. The fourth-order valence-electron chi connectivity index (χ4n) is 4.35. The highest BCUT2D eigenvalue weighted by Gasteiger charge is 2.41. The average Bonchev–Trinajstić information content (AvgIpc) is 3.42. The summed E-state index contributed by atoms with van der Waals surface area (Å²) in [5.41, 5.74) is 0. The van der Waals surface area contributed by atoms with Gasteiger partial charge in [0, 0.05) is 39.0 Å². The van der Waals surface area contributed by atoms with Gasteiger partial charge >= 0.3 is 12.1 Å². The Hall–Kier alpha value is -0.900. The molecule has 0 unspecified atom stereocenters. The average molecular weight is 423 g/mol. The smallest absolute Gasteiger partial charge is 0.475 e. The number of fused-ring (bicyclic) bond motifs is 1. The highest BCUT2D eigenvalue weighted by molar-refractivity contribution is 5.73. The van der Waals surface area contributed by atoms with Crippen molar-refractivity contribution in [2.75, 3.05) is 39.5 Å². The third-order valence-corrected chi connectivity index (χ3v) is 6.18. The maximum absolute atomic E-state index is 10.6. The first-order valence-corrected chi connectivity index (χ1v) is 10.7. The number of alkyl halides is 3. The number of aliphatic carboxylic acids is 1. The molecule has 1 N–H and O–H groups in total. The Bertz CT molecular complexity index is 523. The molecule has 0 aromatic carbocycles. The summed E-state index contributed by atoms with van der Waals surface area (Å²) in [6, 6.07) is 0.701. The second-order valence-electron chi connectivity index (χ2n) is 8.56. The molecule has 0 bridgehead atoms. The van der Waals surface area contributed by atoms with Gasteiger partial charge in [-0.05, 0) is 56.8 Å². The molecule has 168 valence electrons. The summed E-state index contributed by atoms with van der Waals surface area (Å²) >= 11 is 0. The molecule has 0 amide bonds. The standard InChI is InChI=1S/C18H31NO3.C2HF3O2/c1-2-14(1)11-19-8-5-18-17(19)4-3-16(22-18)13-21-12-15-6-9-20-10-7-15;3-2(4,5)1(6)7/h14-18H,1-13H2;(H,6,7)/t16-,17-,18-;/m1./s1. The number of ether oxygens (including phenoxy) is 3. The summed E-state index contributed by atoms with van der Waals surface area (Å²) in [5.74, 6) is -1.06. The largest absolute Gasteiger partial charge is 0.490 e. The molecule has 29 heavy (non-hydrogen) atoms. The van der Waals surface area contributed by atoms with E-state index in [9.17, 15) is 13.2 Å². The van der Waals surface area contributed by atoms with Crippen molar-refractivity contribution in [2.45, 2.75) is 69.4 Å². The first kappa shape index (κ1) is 22.8. The van der Waals surface area contributed by atoms with Crippen LogP contribution in [0.4, 0.5) is 13.2 Å². The van der Waals surface area contributed by atoms with Gasteiger partial charge in [0.15, 0.2) is 0 Å². The Balaban J connectivity index is 0.000000298. The molecule has 4 aliphatic rings. The van der Waals surface area contributed by atoms with Gasteiger partial charge in [0.2, 0.25) is 0 Å². The van der Waals surface area contributed by atoms with E-state index in [1.165, 1.54) is 45.2 Å². The van der Waals surface area contributed by atoms with Crippen LogP contribution in [0.1, 0.15) is 44.9 Å². The van der Waals surface area contributed by atoms with Gasteiger partial charge in [0.05, 0.1) is 18.8 Å². The number of likely N-dealkylation sites (tertiary alicyclic amines) is 1. The lowest BCUT2D eigenvalue weighted by Gasteiger charge is -2.36. The Morgan fingerprint density at radius 1 is 1.00 bits per heavy atom. The lowest BCUT2D eigenvalue weighted by molar-refractivity contribution is -0.192. The van der Waals surface area contributed by atoms with E-state index in [-0.39, 0.29) is 0 Å². The Labute approximate surface area is 169 Å². The van der Waals surface area contributed by atoms with Crippen LogP contribution in [-0.4, -0.2) is 79.9 Å². The van der Waals surface area contributed by atoms with E-state index < -0.39 is 12.1 Å². The van der Waals surface area contributed by atoms with E-state index in [2.05, 4.69) is 4.90 Å². The summed E-state index contributed by atoms with van der Waals surface area (Å²) in [5, 5.41) is 7.12. The molecule has 0 spiro atoms. The van der Waals surface area contributed by atoms with E-state index in [1.54, 1.807) is 0 Å². The van der Waals surface area contributed by atoms with Crippen molar-refractivity contribution >= 4 is 5.97 Å². The van der Waals surface area contributed by atoms with Gasteiger partial charge in [0.25, 0.3) is 0 Å². The normalized spacial score (nSPS) is 31.1. The molecular formula is C20H32F3NO5. The molecule has 3 heterocycles. The van der Waals surface area contributed by atoms with Gasteiger partial charge in [-0.2, -0.15) is 13.2 Å². The van der Waals surface area contributed by atoms with Crippen LogP contribution in [0.2, 0.25) is 0 Å². The first-order chi connectivity index (χ1) is 13.8. The van der Waals surface area contributed by atoms with Gasteiger partial charge in [-0.1, -0.05) is 0 Å². The van der Waals surface area contributed by atoms with Crippen LogP contribution in [0.25, 0.3) is 0 Å². The fourth-order valence-corrected chi connectivity index (χ4v) is 4.35. The van der Waals surface area contributed by atoms with Crippen molar-refractivity contribution in [1.29, 1.82) is 0 Å². The van der Waals surface area contributed by atoms with E-state index in [1.807, 2.05) is 0 Å². The first-order valence-electron chi connectivity index (χ1n) is 10.7. The van der Waals surface area contributed by atoms with E-state index in [0.29, 0.717) is 24.2 Å². The zero-order valence-corrected chi connectivity index (χ0v) is 16.7. The number of hydrogen-bond acceptors (Lipinski definition) is 5. The lowest BCUT2D eigenvalue weighted by Crippen LogP contribution is -2.44. The molecule has 6 nitrogen and oxygen atoms in total. The van der Waals surface area contributed by atoms with Gasteiger partial charge < -0.3 is 19.3 Å². The molecule has 3 saturated heterocycles. The molecule has 0 radical (unpaired) electrons. The maximum Gasteiger partial charge on any atom is 0.490 e. The number of rotatable bonds is 6. The van der Waals surface area contributed by atoms with Crippen molar-refractivity contribution in [3.05, 3.63) is 0 Å². The zero-order chi connectivity index (χ0) is 20.9. The van der Waals surface area contributed by atoms with Crippen molar-refractivity contribution in [3.8, 4) is 0 Å². The van der Waals surface area contributed by atoms with Crippen molar-refractivity contribution in [3.63, 3.8) is 0 Å². The predicted molar refractivity (Wildman–Crippen MR) is 98.6 cm³/mol. The van der Waals surface area contributed by atoms with Crippen LogP contribution >= 0.6 is 0 Å². The fraction of sp³-hybridized carbons (Fsp3) is 0.950. The van der Waals surface area contributed by atoms with Crippen molar-refractivity contribution < 1.29 is 37.3 Å². The quantitative estimate of drug-likeness (QED) is 0.708. The minimum Gasteiger partial charge on any atom is -0.475 e. The topological polar surface area (TPSA) is 68.2 Å². The van der Waals surface area contributed by atoms with Crippen molar-refractivity contribution in [2.24, 2.45) is 11.8 Å². The lowest BCUT2D eigenvalue weighted by atomic mass is 9.99. The Morgan fingerprint density at radius 3 is 2.31 bits per heavy atom. The van der Waals surface area contributed by atoms with Gasteiger partial charge in [-0.25, -0.2) is 4.79 Å². The Kier molecular flexibility index (Phi) is 8.18. The third kappa shape index (κ3) is 7.38. The zero-order valence-electron chi connectivity index (χ0n) is 16.7. The molecule has 0 aromatic heterocycles. The highest BCUT2D eigenvalue weighted by atomic mass is 19.4. The van der Waals surface area contributed by atoms with E-state index >= 15 is 0 Å². The molecule has 9 heteroatoms. The summed E-state index contributed by atoms with van der Waals surface area (Å²) in [7, 11) is 0. The van der Waals surface area contributed by atoms with Crippen LogP contribution in [0.3, 0.4) is 0 Å². The van der Waals surface area contributed by atoms with Gasteiger partial charge in [-0.3, -0.25) is 4.90 Å². The van der Waals surface area contributed by atoms with Crippen LogP contribution < -0.4 is 0 Å². The predicted octanol–water partition coefficient (Wildman–Crippen LogP) is 3.09. The molecule has 1 aliphatic carbocycles. The SMILES string of the molecule is C1CC(COC[C@H]2CC[C@@H]3[C@@H](CCN3CC3CC3)O2)CCO1.O=C(O)C(F)(F)F. The summed E-state index contributed by atoms with van der Waals surface area (Å²) in [4.78, 5) is 11.6. The molecule has 3 atom stereocenters. The summed E-state index contributed by atoms with van der Waals surface area (Å²) < 4.78 is 49.4. The maximum atomic E-state index is 10.6. The number of carbonyl (C=O) groups is 1. The van der Waals surface area contributed by atoms with E-state index in [4.69, 9.17) is 24.1 Å². The second kappa shape index (κ2) is 10.4. The Morgan fingerprint density at radius 2 is 1.69 bits per heavy atom. The van der Waals surface area contributed by atoms with Crippen LogP contribution in [-0.2, 0) is 19.0 Å². The second-order valence-corrected chi connectivity index (χ2v) is 8.56. The molecular weight excluding hydrogens is 391 g/mol. The summed E-state index contributed by atoms with van der Waals surface area (Å²) in [6.07, 6.45) is 4.67. The number of carboxylic acid groups (broad SMARTS) is 1. The summed E-state index contributed by atoms with van der Waals surface area (Å²) in [6.45, 7) is 6.09. The van der Waals surface area contributed by atoms with Gasteiger partial charge in [0.1, 0.15) is 0 Å². The molecule has 4 rings (SSSR count). The van der Waals surface area contributed by atoms with E-state index in [0.717, 1.165) is 45.2 Å². The monoisotopic (exact) mass is 423 g/mol. The molecule has 0 aromatic rings. The number of halogens is 3. The van der Waals surface area contributed by atoms with Gasteiger partial charge in [-0.15, -0.1) is 0 Å². The molecule has 1 saturated carbocycles. The third-order valence-electron chi connectivity index (χ3n) is 6.18. The minimum atomic E-state index is -5.08. The number of carboxylic acids is 1. The highest BCUT2D eigenvalue weighted by Crippen LogP contribution is 2.36. The minimum absolute atomic E-state index is 0.335. The molecule has 4 fully saturated rings. The van der Waals surface area contributed by atoms with Crippen LogP contribution in [0, 0.1) is 11.8 Å². The number of hydrogen-bond donors (Lipinski definition) is 1.